The lowest BCUT2D eigenvalue weighted by Gasteiger charge is -2.21. The van der Waals surface area contributed by atoms with E-state index in [0.717, 1.165) is 22.5 Å². The van der Waals surface area contributed by atoms with E-state index in [1.54, 1.807) is 19.3 Å². The molecule has 1 aliphatic rings. The minimum absolute atomic E-state index is 0.191. The zero-order valence-electron chi connectivity index (χ0n) is 18.2. The van der Waals surface area contributed by atoms with Crippen LogP contribution in [0.1, 0.15) is 49.3 Å². The molecule has 0 spiro atoms. The van der Waals surface area contributed by atoms with Gasteiger partial charge in [-0.3, -0.25) is 14.3 Å². The van der Waals surface area contributed by atoms with Crippen molar-refractivity contribution in [3.05, 3.63) is 53.6 Å². The van der Waals surface area contributed by atoms with Gasteiger partial charge in [0.1, 0.15) is 17.3 Å². The summed E-state index contributed by atoms with van der Waals surface area (Å²) < 4.78 is 64.4. The highest BCUT2D eigenvalue weighted by Crippen LogP contribution is 2.31. The third-order valence-electron chi connectivity index (χ3n) is 5.67. The molecule has 1 aliphatic heterocycles. The molecule has 4 rings (SSSR count). The van der Waals surface area contributed by atoms with E-state index in [1.165, 1.54) is 6.92 Å². The van der Waals surface area contributed by atoms with E-state index in [4.69, 9.17) is 4.74 Å². The van der Waals surface area contributed by atoms with Crippen LogP contribution in [0.15, 0.2) is 24.8 Å². The van der Waals surface area contributed by atoms with Crippen molar-refractivity contribution in [2.24, 2.45) is 0 Å². The predicted molar refractivity (Wildman–Crippen MR) is 114 cm³/mol. The Hall–Kier alpha value is -3.06. The van der Waals surface area contributed by atoms with Crippen molar-refractivity contribution in [2.45, 2.75) is 44.3 Å². The molecule has 1 fully saturated rings. The van der Waals surface area contributed by atoms with Crippen molar-refractivity contribution >= 4 is 16.0 Å². The minimum Gasteiger partial charge on any atom is -0.381 e. The largest absolute Gasteiger partial charge is 0.381 e. The third-order valence-corrected chi connectivity index (χ3v) is 7.52. The molecule has 0 bridgehead atoms. The van der Waals surface area contributed by atoms with E-state index >= 15 is 0 Å². The number of sulfonamides is 1. The standard InChI is InChI=1S/C20H23F2N7O3S/c1-11-6-24-18(25-7-11)12(2)13(3)33(30,31)28-20-27-26-19(14-4-5-32-10-14)29(20)17-15(21)8-23-9-16(17)22/h6-9,12-14H,4-5,10H2,1-3H3,(H,27,28)/t12-,13-,14-/m0/s1. The van der Waals surface area contributed by atoms with Crippen LogP contribution in [-0.4, -0.2) is 56.6 Å². The summed E-state index contributed by atoms with van der Waals surface area (Å²) in [5.41, 5.74) is 0.328. The molecule has 0 aromatic carbocycles. The minimum atomic E-state index is -4.08. The van der Waals surface area contributed by atoms with Crippen LogP contribution >= 0.6 is 0 Å². The van der Waals surface area contributed by atoms with Gasteiger partial charge in [-0.2, -0.15) is 0 Å². The number of hydrogen-bond acceptors (Lipinski definition) is 8. The maximum absolute atomic E-state index is 14.6. The van der Waals surface area contributed by atoms with E-state index in [9.17, 15) is 17.2 Å². The molecule has 10 nitrogen and oxygen atoms in total. The van der Waals surface area contributed by atoms with Gasteiger partial charge >= 0.3 is 0 Å². The summed E-state index contributed by atoms with van der Waals surface area (Å²) in [5.74, 6) is -2.62. The van der Waals surface area contributed by atoms with Crippen LogP contribution in [0.4, 0.5) is 14.7 Å². The molecular weight excluding hydrogens is 456 g/mol. The lowest BCUT2D eigenvalue weighted by molar-refractivity contribution is 0.193. The number of aromatic nitrogens is 6. The van der Waals surface area contributed by atoms with Gasteiger partial charge in [0.05, 0.1) is 24.3 Å². The van der Waals surface area contributed by atoms with Gasteiger partial charge in [-0.15, -0.1) is 10.2 Å². The Morgan fingerprint density at radius 3 is 2.39 bits per heavy atom. The second kappa shape index (κ2) is 9.06. The van der Waals surface area contributed by atoms with Crippen molar-refractivity contribution in [3.63, 3.8) is 0 Å². The number of hydrogen-bond donors (Lipinski definition) is 1. The maximum Gasteiger partial charge on any atom is 0.243 e. The summed E-state index contributed by atoms with van der Waals surface area (Å²) in [7, 11) is -4.08. The highest BCUT2D eigenvalue weighted by molar-refractivity contribution is 7.93. The van der Waals surface area contributed by atoms with Crippen molar-refractivity contribution < 1.29 is 21.9 Å². The average molecular weight is 480 g/mol. The predicted octanol–water partition coefficient (Wildman–Crippen LogP) is 2.48. The zero-order valence-corrected chi connectivity index (χ0v) is 19.1. The number of rotatable bonds is 7. The Morgan fingerprint density at radius 2 is 1.79 bits per heavy atom. The molecule has 13 heteroatoms. The smallest absolute Gasteiger partial charge is 0.243 e. The average Bonchev–Trinajstić information content (AvgIpc) is 3.43. The summed E-state index contributed by atoms with van der Waals surface area (Å²) in [6, 6.07) is 0. The number of anilines is 1. The van der Waals surface area contributed by atoms with Gasteiger partial charge in [0, 0.05) is 30.8 Å². The Kier molecular flexibility index (Phi) is 6.34. The van der Waals surface area contributed by atoms with Crippen molar-refractivity contribution in [1.29, 1.82) is 0 Å². The number of pyridine rings is 1. The van der Waals surface area contributed by atoms with Gasteiger partial charge in [0.2, 0.25) is 16.0 Å². The number of nitrogens with zero attached hydrogens (tertiary/aromatic N) is 6. The van der Waals surface area contributed by atoms with Crippen LogP contribution in [0.25, 0.3) is 5.69 Å². The fraction of sp³-hybridized carbons (Fsp3) is 0.450. The summed E-state index contributed by atoms with van der Waals surface area (Å²) in [6.07, 6.45) is 5.44. The van der Waals surface area contributed by atoms with Crippen molar-refractivity contribution in [3.8, 4) is 5.69 Å². The molecule has 1 N–H and O–H groups in total. The van der Waals surface area contributed by atoms with Crippen LogP contribution in [0.5, 0.6) is 0 Å². The lowest BCUT2D eigenvalue weighted by atomic mass is 10.1. The number of aryl methyl sites for hydroxylation is 1. The second-order valence-corrected chi connectivity index (χ2v) is 10.0. The number of ether oxygens (including phenoxy) is 1. The van der Waals surface area contributed by atoms with Crippen LogP contribution in [0.3, 0.4) is 0 Å². The first kappa shape index (κ1) is 23.1. The second-order valence-electron chi connectivity index (χ2n) is 7.99. The SMILES string of the molecule is Cc1cnc([C@@H](C)[C@H](C)S(=O)(=O)Nc2nnc([C@H]3CCOC3)n2-c2c(F)cncc2F)nc1. The maximum atomic E-state index is 14.6. The van der Waals surface area contributed by atoms with E-state index in [-0.39, 0.29) is 24.3 Å². The Labute approximate surface area is 189 Å². The quantitative estimate of drug-likeness (QED) is 0.548. The van der Waals surface area contributed by atoms with Gasteiger partial charge in [-0.25, -0.2) is 27.2 Å². The van der Waals surface area contributed by atoms with Gasteiger partial charge < -0.3 is 4.74 Å². The molecule has 0 aliphatic carbocycles. The molecule has 3 aromatic rings. The summed E-state index contributed by atoms with van der Waals surface area (Å²) in [5, 5.41) is 6.96. The van der Waals surface area contributed by atoms with Gasteiger partial charge in [0.25, 0.3) is 0 Å². The molecule has 3 atom stereocenters. The molecule has 3 aromatic heterocycles. The van der Waals surface area contributed by atoms with E-state index in [1.807, 2.05) is 6.92 Å². The van der Waals surface area contributed by atoms with Gasteiger partial charge in [0.15, 0.2) is 11.6 Å². The fourth-order valence-electron chi connectivity index (χ4n) is 3.54. The van der Waals surface area contributed by atoms with E-state index in [2.05, 4.69) is 29.9 Å². The van der Waals surface area contributed by atoms with Crippen LogP contribution in [0.2, 0.25) is 0 Å². The van der Waals surface area contributed by atoms with E-state index < -0.39 is 38.5 Å². The Bertz CT molecular complexity index is 1220. The molecule has 176 valence electrons. The highest BCUT2D eigenvalue weighted by atomic mass is 32.2. The van der Waals surface area contributed by atoms with Crippen LogP contribution in [-0.2, 0) is 14.8 Å². The Balaban J connectivity index is 1.72. The van der Waals surface area contributed by atoms with Crippen molar-refractivity contribution in [2.75, 3.05) is 17.9 Å². The number of nitrogens with one attached hydrogen (secondary N) is 1. The first-order valence-corrected chi connectivity index (χ1v) is 11.9. The summed E-state index contributed by atoms with van der Waals surface area (Å²) in [6.45, 7) is 5.73. The van der Waals surface area contributed by atoms with Crippen LogP contribution in [0, 0.1) is 18.6 Å². The van der Waals surface area contributed by atoms with Crippen molar-refractivity contribution in [1.82, 2.24) is 29.7 Å². The fourth-order valence-corrected chi connectivity index (χ4v) is 4.77. The van der Waals surface area contributed by atoms with E-state index in [0.29, 0.717) is 18.9 Å². The van der Waals surface area contributed by atoms with Gasteiger partial charge in [-0.05, 0) is 25.8 Å². The van der Waals surface area contributed by atoms with Gasteiger partial charge in [-0.1, -0.05) is 6.92 Å². The normalized spacial score (nSPS) is 18.3. The molecule has 4 heterocycles. The lowest BCUT2D eigenvalue weighted by Crippen LogP contribution is -2.31. The molecule has 0 radical (unpaired) electrons. The molecule has 0 amide bonds. The molecule has 0 unspecified atom stereocenters. The first-order chi connectivity index (χ1) is 15.7. The molecule has 1 saturated heterocycles. The Morgan fingerprint density at radius 1 is 1.12 bits per heavy atom. The first-order valence-electron chi connectivity index (χ1n) is 10.3. The number of halogens is 2. The summed E-state index contributed by atoms with van der Waals surface area (Å²) >= 11 is 0. The molecule has 33 heavy (non-hydrogen) atoms. The topological polar surface area (TPSA) is 125 Å². The highest BCUT2D eigenvalue weighted by Gasteiger charge is 2.34. The van der Waals surface area contributed by atoms with Crippen LogP contribution < -0.4 is 4.72 Å². The zero-order chi connectivity index (χ0) is 23.8. The third kappa shape index (κ3) is 4.55. The molecule has 0 saturated carbocycles. The summed E-state index contributed by atoms with van der Waals surface area (Å²) in [4.78, 5) is 11.9. The monoisotopic (exact) mass is 479 g/mol. The molecular formula is C20H23F2N7O3S.